The molecule has 2 heterocycles. The van der Waals surface area contributed by atoms with E-state index >= 15 is 0 Å². The van der Waals surface area contributed by atoms with E-state index in [9.17, 15) is 9.59 Å². The Kier molecular flexibility index (Phi) is 2.42. The summed E-state index contributed by atoms with van der Waals surface area (Å²) in [7, 11) is 0. The molecule has 90 valence electrons. The summed E-state index contributed by atoms with van der Waals surface area (Å²) in [5, 5.41) is 0. The molecule has 0 saturated carbocycles. The molecule has 0 unspecified atom stereocenters. The predicted molar refractivity (Wildman–Crippen MR) is 66.2 cm³/mol. The first-order valence-corrected chi connectivity index (χ1v) is 5.47. The summed E-state index contributed by atoms with van der Waals surface area (Å²) in [6.45, 7) is 0.150. The Labute approximate surface area is 102 Å². The molecule has 0 bridgehead atoms. The van der Waals surface area contributed by atoms with Gasteiger partial charge in [0.1, 0.15) is 0 Å². The largest absolute Gasteiger partial charge is 0.290 e. The van der Waals surface area contributed by atoms with E-state index in [1.54, 1.807) is 0 Å². The second-order valence-corrected chi connectivity index (χ2v) is 3.88. The van der Waals surface area contributed by atoms with Crippen LogP contribution in [0.15, 0.2) is 41.2 Å². The molecule has 18 heavy (non-hydrogen) atoms. The minimum Gasteiger partial charge on any atom is -0.290 e. The Morgan fingerprint density at radius 2 is 1.94 bits per heavy atom. The highest BCUT2D eigenvalue weighted by Gasteiger charge is 2.20. The molecule has 0 spiro atoms. The number of anilines is 1. The monoisotopic (exact) mass is 242 g/mol. The van der Waals surface area contributed by atoms with E-state index in [-0.39, 0.29) is 24.0 Å². The zero-order valence-electron chi connectivity index (χ0n) is 9.38. The van der Waals surface area contributed by atoms with E-state index < -0.39 is 0 Å². The Bertz CT molecular complexity index is 664. The first kappa shape index (κ1) is 10.7. The van der Waals surface area contributed by atoms with Gasteiger partial charge in [0.15, 0.2) is 0 Å². The van der Waals surface area contributed by atoms with Crippen molar-refractivity contribution in [3.8, 4) is 11.3 Å². The van der Waals surface area contributed by atoms with Crippen LogP contribution in [-0.2, 0) is 0 Å². The second kappa shape index (κ2) is 4.08. The highest BCUT2D eigenvalue weighted by Crippen LogP contribution is 2.20. The van der Waals surface area contributed by atoms with Crippen molar-refractivity contribution in [2.45, 2.75) is 0 Å². The number of hydrazine groups is 1. The van der Waals surface area contributed by atoms with Crippen LogP contribution in [0.4, 0.5) is 5.95 Å². The van der Waals surface area contributed by atoms with Crippen molar-refractivity contribution in [1.82, 2.24) is 15.0 Å². The molecule has 0 aliphatic carbocycles. The van der Waals surface area contributed by atoms with E-state index in [4.69, 9.17) is 0 Å². The number of carbonyl (C=O) groups is 1. The summed E-state index contributed by atoms with van der Waals surface area (Å²) in [4.78, 5) is 27.2. The lowest BCUT2D eigenvalue weighted by molar-refractivity contribution is 0.0908. The third-order valence-electron chi connectivity index (χ3n) is 2.69. The number of hydrogen-bond acceptors (Lipinski definition) is 5. The van der Waals surface area contributed by atoms with Gasteiger partial charge < -0.3 is 0 Å². The topological polar surface area (TPSA) is 76.0 Å². The van der Waals surface area contributed by atoms with Crippen LogP contribution in [0.3, 0.4) is 0 Å². The first-order chi connectivity index (χ1) is 8.75. The van der Waals surface area contributed by atoms with Crippen molar-refractivity contribution in [3.05, 3.63) is 46.8 Å². The van der Waals surface area contributed by atoms with Crippen LogP contribution in [0.2, 0.25) is 0 Å². The Morgan fingerprint density at radius 3 is 2.72 bits per heavy atom. The predicted octanol–water partition coefficient (Wildman–Crippen LogP) is 0.481. The minimum absolute atomic E-state index is 0.150. The van der Waals surface area contributed by atoms with Crippen molar-refractivity contribution < 1.29 is 4.79 Å². The normalized spacial score (nSPS) is 13.9. The molecule has 1 aromatic heterocycles. The lowest BCUT2D eigenvalue weighted by Crippen LogP contribution is -2.41. The number of benzene rings is 1. The van der Waals surface area contributed by atoms with Crippen molar-refractivity contribution in [1.29, 1.82) is 0 Å². The molecule has 2 N–H and O–H groups in total. The molecular weight excluding hydrogens is 232 g/mol. The Hall–Kier alpha value is -2.47. The van der Waals surface area contributed by atoms with Crippen molar-refractivity contribution in [2.75, 3.05) is 12.0 Å². The average molecular weight is 242 g/mol. The van der Waals surface area contributed by atoms with Gasteiger partial charge in [-0.1, -0.05) is 30.3 Å². The number of aromatic nitrogens is 2. The van der Waals surface area contributed by atoms with Gasteiger partial charge in [-0.3, -0.25) is 15.0 Å². The van der Waals surface area contributed by atoms with Gasteiger partial charge in [-0.15, -0.1) is 0 Å². The minimum atomic E-state index is -0.385. The maximum Gasteiger partial charge on any atom is 0.275 e. The Balaban J connectivity index is 2.29. The molecule has 0 saturated heterocycles. The van der Waals surface area contributed by atoms with Crippen LogP contribution in [0.1, 0.15) is 4.79 Å². The molecular formula is C12H10N4O2. The summed E-state index contributed by atoms with van der Waals surface area (Å²) in [6, 6.07) is 10.6. The summed E-state index contributed by atoms with van der Waals surface area (Å²) < 4.78 is 1.41. The molecule has 6 heteroatoms. The van der Waals surface area contributed by atoms with Crippen LogP contribution in [0.5, 0.6) is 0 Å². The highest BCUT2D eigenvalue weighted by molar-refractivity contribution is 5.89. The number of nitrogens with zero attached hydrogens (tertiary/aromatic N) is 2. The van der Waals surface area contributed by atoms with Gasteiger partial charge in [0.25, 0.3) is 5.56 Å². The van der Waals surface area contributed by atoms with E-state index in [0.717, 1.165) is 5.56 Å². The van der Waals surface area contributed by atoms with Crippen molar-refractivity contribution >= 4 is 11.9 Å². The van der Waals surface area contributed by atoms with Gasteiger partial charge in [-0.05, 0) is 5.56 Å². The molecule has 0 atom stereocenters. The summed E-state index contributed by atoms with van der Waals surface area (Å²) >= 11 is 0. The van der Waals surface area contributed by atoms with Gasteiger partial charge in [-0.25, -0.2) is 9.99 Å². The van der Waals surface area contributed by atoms with Gasteiger partial charge in [0, 0.05) is 6.07 Å². The third-order valence-corrected chi connectivity index (χ3v) is 2.69. The summed E-state index contributed by atoms with van der Waals surface area (Å²) in [5.41, 5.74) is 6.36. The number of hydrogen-bond donors (Lipinski definition) is 2. The second-order valence-electron chi connectivity index (χ2n) is 3.88. The van der Waals surface area contributed by atoms with Gasteiger partial charge >= 0.3 is 0 Å². The lowest BCUT2D eigenvalue weighted by atomic mass is 10.1. The molecule has 6 nitrogen and oxygen atoms in total. The Morgan fingerprint density at radius 1 is 1.17 bits per heavy atom. The van der Waals surface area contributed by atoms with Crippen molar-refractivity contribution in [2.24, 2.45) is 0 Å². The number of fused-ring (bicyclic) bond motifs is 1. The van der Waals surface area contributed by atoms with Crippen molar-refractivity contribution in [3.63, 3.8) is 0 Å². The third kappa shape index (κ3) is 1.68. The average Bonchev–Trinajstić information content (AvgIpc) is 2.39. The molecule has 1 aromatic carbocycles. The molecule has 2 aromatic rings. The van der Waals surface area contributed by atoms with E-state index in [2.05, 4.69) is 15.8 Å². The maximum absolute atomic E-state index is 11.9. The van der Waals surface area contributed by atoms with Gasteiger partial charge in [0.05, 0.1) is 12.2 Å². The number of rotatable bonds is 1. The molecule has 0 amide bonds. The fourth-order valence-electron chi connectivity index (χ4n) is 1.92. The van der Waals surface area contributed by atoms with Crippen LogP contribution in [-0.4, -0.2) is 22.0 Å². The zero-order valence-corrected chi connectivity index (χ0v) is 9.38. The smallest absolute Gasteiger partial charge is 0.275 e. The quantitative estimate of drug-likeness (QED) is 0.760. The van der Waals surface area contributed by atoms with E-state index in [1.165, 1.54) is 10.6 Å². The fourth-order valence-corrected chi connectivity index (χ4v) is 1.92. The van der Waals surface area contributed by atoms with E-state index in [0.29, 0.717) is 5.69 Å². The summed E-state index contributed by atoms with van der Waals surface area (Å²) in [5.74, 6) is 0.0627. The molecule has 0 fully saturated rings. The first-order valence-electron chi connectivity index (χ1n) is 5.47. The van der Waals surface area contributed by atoms with Crippen LogP contribution < -0.4 is 16.4 Å². The maximum atomic E-state index is 11.9. The molecule has 1 aliphatic rings. The zero-order chi connectivity index (χ0) is 12.5. The van der Waals surface area contributed by atoms with Gasteiger partial charge in [-0.2, -0.15) is 4.98 Å². The fraction of sp³-hybridized carbons (Fsp3) is 0.0833. The molecule has 1 aliphatic heterocycles. The SMILES string of the molecule is O=C1CNNc2nc(=O)cc(-c3ccccc3)n21. The lowest BCUT2D eigenvalue weighted by Gasteiger charge is -2.21. The van der Waals surface area contributed by atoms with Crippen LogP contribution >= 0.6 is 0 Å². The highest BCUT2D eigenvalue weighted by atomic mass is 16.2. The van der Waals surface area contributed by atoms with Gasteiger partial charge in [0.2, 0.25) is 11.9 Å². The van der Waals surface area contributed by atoms with E-state index in [1.807, 2.05) is 30.3 Å². The van der Waals surface area contributed by atoms with Crippen LogP contribution in [0, 0.1) is 0 Å². The molecule has 0 radical (unpaired) electrons. The molecule has 3 rings (SSSR count). The van der Waals surface area contributed by atoms with Crippen LogP contribution in [0.25, 0.3) is 11.3 Å². The number of carbonyl (C=O) groups excluding carboxylic acids is 1. The number of nitrogens with one attached hydrogen (secondary N) is 2. The standard InChI is InChI=1S/C12H10N4O2/c17-10-6-9(8-4-2-1-3-5-8)16-11(18)7-13-15-12(16)14-10/h1-6,13H,7H2,(H,14,15,17). The summed E-state index contributed by atoms with van der Waals surface area (Å²) in [6.07, 6.45) is 0.